The molecule has 0 aliphatic carbocycles. The number of nitrogens with two attached hydrogens (primary N) is 1. The standard InChI is InChI=1S/C21H20ClN7O.C14H14Cl2N4O.C13H18BN3O2.C7H6BrN3.C6H4BrN3.C6H5N3O.C4H6N2.C4H4O2.Br3OP/c1-28-20-14(13-23-28)2-7-17(25-20)18-12-19(24-16-5-3-15(22)4-6-16)27-21(26-18)29-8-10-30-11-9-29;15-10-1-3-11(4-2-10)17-13-9-12(16)18-14(19-13)20-5-7-21-8-6-20;1-12(2)13(3,4)19-14(18-12)10-7-6-9-8-15-17(5)11(9)16-10;1-11-7-5(4-9-11)2-3-6(8)10-7;7-5-2-1-4-3-8-10-6(4)9-5;10-5-2-1-4-3-7-9-6(4)8-5;5-4-1-2-6-3-4;1-3-4(5)6-2;1-5(2,3)4/h2-7,12-13H,8-11H2,1H3,(H,24,26,27);1-4,9H,5-8H2,(H,17,18,19);6-8H,1-5H3;2-4H,1H3;1-3H,(H,8,9,10);1-3H,(H2,7,8,9,10);1-2H,3,5H2;1H,2H3;. The molecule has 4 aliphatic rings. The number of carbonyl (C=O) groups excluding carboxylic acids is 1. The lowest BCUT2D eigenvalue weighted by Crippen LogP contribution is -2.41. The smallest absolute Gasteiger partial charge is 0.459 e. The number of aryl methyl sites for hydroxylation is 3. The lowest BCUT2D eigenvalue weighted by molar-refractivity contribution is -0.133. The number of halogens is 8. The van der Waals surface area contributed by atoms with Crippen LogP contribution in [0.1, 0.15) is 27.7 Å². The van der Waals surface area contributed by atoms with Crippen LogP contribution in [0.25, 0.3) is 66.6 Å². The fourth-order valence-electron chi connectivity index (χ4n) is 10.6. The summed E-state index contributed by atoms with van der Waals surface area (Å²) in [6.45, 7) is 14.5. The lowest BCUT2D eigenvalue weighted by Gasteiger charge is -2.32. The number of esters is 1. The summed E-state index contributed by atoms with van der Waals surface area (Å²) in [6.07, 6.45) is 16.9. The first-order valence-electron chi connectivity index (χ1n) is 35.5. The Labute approximate surface area is 732 Å². The number of aromatic nitrogens is 19. The number of hydrogen-bond donors (Lipinski definition) is 6. The molecule has 614 valence electrons. The highest BCUT2D eigenvalue weighted by atomic mass is 80.0. The number of aliphatic imine (C=N–C) groups is 1. The molecule has 4 aliphatic heterocycles. The van der Waals surface area contributed by atoms with Crippen molar-refractivity contribution in [3.05, 3.63) is 199 Å². The number of morpholine rings is 2. The summed E-state index contributed by atoms with van der Waals surface area (Å²) in [4.78, 5) is 67.1. The molecule has 2 aromatic carbocycles. The summed E-state index contributed by atoms with van der Waals surface area (Å²) in [6, 6.07) is 37.3. The second kappa shape index (κ2) is 42.8. The van der Waals surface area contributed by atoms with Gasteiger partial charge in [0.25, 0.3) is 3.25 Å². The maximum atomic E-state index is 10.7. The van der Waals surface area contributed by atoms with Crippen LogP contribution in [-0.4, -0.2) is 191 Å². The van der Waals surface area contributed by atoms with Crippen LogP contribution in [-0.2, 0) is 54.0 Å². The van der Waals surface area contributed by atoms with E-state index in [0.717, 1.165) is 119 Å². The van der Waals surface area contributed by atoms with E-state index < -0.39 is 16.3 Å². The van der Waals surface area contributed by atoms with Crippen LogP contribution in [0.5, 0.6) is 0 Å². The van der Waals surface area contributed by atoms with E-state index in [0.29, 0.717) is 77.4 Å². The number of ether oxygens (including phenoxy) is 3. The quantitative estimate of drug-likeness (QED) is 0.0156. The summed E-state index contributed by atoms with van der Waals surface area (Å²) in [5.41, 5.74) is 13.4. The van der Waals surface area contributed by atoms with Gasteiger partial charge in [-0.2, -0.15) is 35.5 Å². The van der Waals surface area contributed by atoms with Crippen molar-refractivity contribution >= 4 is 231 Å². The highest BCUT2D eigenvalue weighted by molar-refractivity contribution is 9.94. The van der Waals surface area contributed by atoms with E-state index in [4.69, 9.17) is 74.3 Å². The first kappa shape index (κ1) is 90.7. The molecular formula is C75H77BBr5Cl3N25O8P. The Kier molecular flexibility index (Phi) is 32.9. The van der Waals surface area contributed by atoms with Gasteiger partial charge >= 0.3 is 13.1 Å². The van der Waals surface area contributed by atoms with Crippen LogP contribution in [0.15, 0.2) is 183 Å². The summed E-state index contributed by atoms with van der Waals surface area (Å²) in [5.74, 6) is 3.73. The molecule has 0 radical (unpaired) electrons. The number of nitrogens with one attached hydrogen (secondary N) is 5. The molecule has 0 amide bonds. The monoisotopic (exact) mass is 2000 g/mol. The molecule has 43 heteroatoms. The van der Waals surface area contributed by atoms with Crippen LogP contribution in [0.2, 0.25) is 15.2 Å². The van der Waals surface area contributed by atoms with E-state index in [9.17, 15) is 14.2 Å². The van der Waals surface area contributed by atoms with Crippen LogP contribution in [0, 0.1) is 12.3 Å². The van der Waals surface area contributed by atoms with Crippen LogP contribution in [0.3, 0.4) is 0 Å². The predicted octanol–water partition coefficient (Wildman–Crippen LogP) is 15.0. The minimum Gasteiger partial charge on any atom is -0.459 e. The van der Waals surface area contributed by atoms with Gasteiger partial charge in [-0.05, 0) is 169 Å². The van der Waals surface area contributed by atoms with Gasteiger partial charge in [0.15, 0.2) is 22.6 Å². The van der Waals surface area contributed by atoms with Crippen LogP contribution in [0.4, 0.5) is 34.9 Å². The largest absolute Gasteiger partial charge is 0.514 e. The first-order valence-corrected chi connectivity index (χ1v) is 46.0. The molecule has 0 bridgehead atoms. The molecule has 33 nitrogen and oxygen atoms in total. The number of pyridine rings is 5. The van der Waals surface area contributed by atoms with E-state index in [2.05, 4.69) is 181 Å². The average Bonchev–Trinajstić information content (AvgIpc) is 1.63. The van der Waals surface area contributed by atoms with E-state index in [1.165, 1.54) is 13.2 Å². The van der Waals surface area contributed by atoms with Gasteiger partial charge < -0.3 is 54.7 Å². The number of carbonyl (C=O) groups is 1. The average molecular weight is 2000 g/mol. The molecule has 0 spiro atoms. The first-order chi connectivity index (χ1) is 56.4. The maximum absolute atomic E-state index is 10.7. The zero-order valence-corrected chi connectivity index (χ0v) is 75.5. The number of anilines is 6. The Balaban J connectivity index is 0.000000148. The van der Waals surface area contributed by atoms with Crippen molar-refractivity contribution in [2.75, 3.05) is 86.7 Å². The predicted molar refractivity (Wildman–Crippen MR) is 482 cm³/mol. The molecule has 18 rings (SSSR count). The van der Waals surface area contributed by atoms with E-state index >= 15 is 0 Å². The van der Waals surface area contributed by atoms with Crippen molar-refractivity contribution < 1.29 is 32.9 Å². The molecule has 3 saturated heterocycles. The van der Waals surface area contributed by atoms with E-state index in [1.54, 1.807) is 75.4 Å². The molecular weight excluding hydrogens is 1930 g/mol. The number of fused-ring (bicyclic) bond motifs is 5. The summed E-state index contributed by atoms with van der Waals surface area (Å²) in [7, 11) is 6.45. The SMILES string of the molecule is Brc1ccc2cn[nH]c2n1.C#CC(=O)OC.Clc1ccc(Nc2cc(Cl)nc(N3CCOCC3)n2)cc1.Cn1ncc2ccc(-c3cc(Nc4ccc(Cl)cc4)nc(N4CCOCC4)n3)nc21.Cn1ncc2ccc(B3OC(C)(C)C(C)(C)O3)nc21.Cn1ncc2ccc(Br)nc21.NC1=CC=NC1.O=P(Br)(Br)Br.O=c1ccc2cn[nH]c2[nH]1. The van der Waals surface area contributed by atoms with E-state index in [-0.39, 0.29) is 16.8 Å². The third-order valence-corrected chi connectivity index (χ3v) is 18.9. The van der Waals surface area contributed by atoms with Gasteiger partial charge in [-0.3, -0.25) is 38.6 Å². The fraction of sp³-hybridized carbons (Fsp3) is 0.253. The van der Waals surface area contributed by atoms with Gasteiger partial charge in [0.2, 0.25) is 17.5 Å². The lowest BCUT2D eigenvalue weighted by atomic mass is 9.84. The number of hydrogen-bond acceptors (Lipinski definition) is 27. The van der Waals surface area contributed by atoms with Crippen LogP contribution >= 0.6 is 116 Å². The topological polar surface area (TPSA) is 396 Å². The molecule has 7 N–H and O–H groups in total. The van der Waals surface area contributed by atoms with Gasteiger partial charge in [0, 0.05) is 178 Å². The fourth-order valence-corrected chi connectivity index (χ4v) is 11.7. The Morgan fingerprint density at radius 2 is 1.07 bits per heavy atom. The van der Waals surface area contributed by atoms with Gasteiger partial charge in [0.1, 0.15) is 31.6 Å². The van der Waals surface area contributed by atoms with Crippen molar-refractivity contribution in [1.82, 2.24) is 94.6 Å². The molecule has 16 heterocycles. The maximum Gasteiger partial charge on any atom is 0.514 e. The number of aromatic amines is 3. The third-order valence-electron chi connectivity index (χ3n) is 17.3. The summed E-state index contributed by atoms with van der Waals surface area (Å²) >= 11 is 32.8. The third kappa shape index (κ3) is 27.2. The number of nitrogens with zero attached hydrogens (tertiary/aromatic N) is 19. The molecule has 3 fully saturated rings. The zero-order valence-electron chi connectivity index (χ0n) is 64.4. The van der Waals surface area contributed by atoms with Crippen molar-refractivity contribution in [2.45, 2.75) is 38.9 Å². The highest BCUT2D eigenvalue weighted by Gasteiger charge is 2.52. The van der Waals surface area contributed by atoms with E-state index in [1.807, 2.05) is 152 Å². The Hall–Kier alpha value is -9.66. The van der Waals surface area contributed by atoms with Crippen molar-refractivity contribution in [1.29, 1.82) is 0 Å². The minimum atomic E-state index is -2.20. The number of methoxy groups -OCH3 is 1. The molecule has 14 aromatic rings. The van der Waals surface area contributed by atoms with Gasteiger partial charge in [-0.15, -0.1) is 6.42 Å². The van der Waals surface area contributed by atoms with Crippen molar-refractivity contribution in [3.8, 4) is 23.7 Å². The van der Waals surface area contributed by atoms with Gasteiger partial charge in [-0.25, -0.2) is 34.7 Å². The molecule has 118 heavy (non-hydrogen) atoms. The molecule has 0 saturated carbocycles. The van der Waals surface area contributed by atoms with Crippen molar-refractivity contribution in [2.24, 2.45) is 31.9 Å². The number of allylic oxidation sites excluding steroid dienone is 1. The normalized spacial score (nSPS) is 14.2. The second-order valence-corrected chi connectivity index (χ2v) is 47.4. The number of H-pyrrole nitrogens is 3. The Morgan fingerprint density at radius 1 is 0.593 bits per heavy atom. The molecule has 0 atom stereocenters. The van der Waals surface area contributed by atoms with Crippen molar-refractivity contribution in [3.63, 3.8) is 0 Å². The molecule has 0 unspecified atom stereocenters. The van der Waals surface area contributed by atoms with Gasteiger partial charge in [0.05, 0.1) is 99.2 Å². The number of rotatable bonds is 8. The van der Waals surface area contributed by atoms with Gasteiger partial charge in [-0.1, -0.05) is 34.8 Å². The summed E-state index contributed by atoms with van der Waals surface area (Å²) in [5, 5.41) is 38.9. The summed E-state index contributed by atoms with van der Waals surface area (Å²) < 4.78 is 41.5. The Morgan fingerprint density at radius 3 is 1.58 bits per heavy atom. The number of terminal acetylenes is 1. The second-order valence-electron chi connectivity index (χ2n) is 26.2. The highest BCUT2D eigenvalue weighted by Crippen LogP contribution is 2.68. The zero-order chi connectivity index (χ0) is 84.7. The minimum absolute atomic E-state index is 0.114. The van der Waals surface area contributed by atoms with Crippen LogP contribution < -0.4 is 37.3 Å². The Bertz CT molecular complexity index is 5910. The molecule has 12 aromatic heterocycles. The number of benzene rings is 2.